The van der Waals surface area contributed by atoms with E-state index in [1.807, 2.05) is 43.3 Å². The van der Waals surface area contributed by atoms with Crippen LogP contribution in [0.25, 0.3) is 56.0 Å². The first kappa shape index (κ1) is 31.1. The monoisotopic (exact) mass is 624 g/mol. The number of imidazole rings is 2. The van der Waals surface area contributed by atoms with Crippen molar-refractivity contribution in [3.63, 3.8) is 0 Å². The summed E-state index contributed by atoms with van der Waals surface area (Å²) in [5, 5.41) is 5.54. The number of aryl methyl sites for hydroxylation is 1. The van der Waals surface area contributed by atoms with Crippen molar-refractivity contribution in [1.29, 1.82) is 0 Å². The maximum Gasteiger partial charge on any atom is 0.278 e. The summed E-state index contributed by atoms with van der Waals surface area (Å²) in [4.78, 5) is 42.1. The molecule has 6 aromatic rings. The minimum atomic E-state index is -0.415. The molecule has 0 atom stereocenters. The Bertz CT molecular complexity index is 2120. The molecule has 8 N–H and O–H groups in total. The third-order valence-electron chi connectivity index (χ3n) is 7.58. The van der Waals surface area contributed by atoms with Crippen LogP contribution in [0.3, 0.4) is 0 Å². The predicted octanol–water partition coefficient (Wildman–Crippen LogP) is 5.23. The fraction of sp³-hybridized carbons (Fsp3) is 0.143. The third kappa shape index (κ3) is 7.34. The van der Waals surface area contributed by atoms with E-state index >= 15 is 0 Å². The molecule has 6 rings (SSSR count). The molecule has 47 heavy (non-hydrogen) atoms. The number of fused-ring (bicyclic) bond motifs is 2. The van der Waals surface area contributed by atoms with Gasteiger partial charge in [-0.2, -0.15) is 0 Å². The van der Waals surface area contributed by atoms with Gasteiger partial charge in [0, 0.05) is 35.9 Å². The quantitative estimate of drug-likeness (QED) is 0.0496. The Balaban J connectivity index is 1.13. The number of nitrogens with zero attached hydrogens (tertiary/aromatic N) is 3. The Kier molecular flexibility index (Phi) is 9.03. The molecule has 0 unspecified atom stereocenters. The topological polar surface area (TPSA) is 171 Å². The second-order valence-corrected chi connectivity index (χ2v) is 11.3. The molecule has 0 saturated carbocycles. The summed E-state index contributed by atoms with van der Waals surface area (Å²) >= 11 is 0. The Morgan fingerprint density at radius 1 is 0.851 bits per heavy atom. The van der Waals surface area contributed by atoms with Gasteiger partial charge >= 0.3 is 0 Å². The molecule has 235 valence electrons. The average Bonchev–Trinajstić information content (AvgIpc) is 3.70. The lowest BCUT2D eigenvalue weighted by molar-refractivity contribution is -0.117. The Labute approximate surface area is 272 Å². The number of hydrogen-bond donors (Lipinski definition) is 6. The van der Waals surface area contributed by atoms with Crippen molar-refractivity contribution in [2.75, 3.05) is 11.9 Å². The van der Waals surface area contributed by atoms with Crippen molar-refractivity contribution < 1.29 is 9.59 Å². The number of amides is 2. The fourth-order valence-corrected chi connectivity index (χ4v) is 5.20. The van der Waals surface area contributed by atoms with E-state index in [-0.39, 0.29) is 17.9 Å². The zero-order valence-corrected chi connectivity index (χ0v) is 26.2. The minimum Gasteiger partial charge on any atom is -0.393 e. The van der Waals surface area contributed by atoms with Crippen LogP contribution in [0.2, 0.25) is 6.32 Å². The number of nitrogens with one attached hydrogen (secondary N) is 4. The molecule has 2 heterocycles. The summed E-state index contributed by atoms with van der Waals surface area (Å²) in [5.41, 5.74) is 15.1. The molecular formula is C35H35BN9O2. The van der Waals surface area contributed by atoms with E-state index in [2.05, 4.69) is 70.0 Å². The number of carbonyl (C=O) groups excluding carboxylic acids is 2. The molecule has 0 bridgehead atoms. The van der Waals surface area contributed by atoms with Gasteiger partial charge < -0.3 is 31.3 Å². The van der Waals surface area contributed by atoms with Crippen LogP contribution in [0.4, 0.5) is 5.69 Å². The molecule has 4 aromatic carbocycles. The number of anilines is 1. The molecule has 12 heteroatoms. The highest BCUT2D eigenvalue weighted by Gasteiger charge is 2.13. The molecule has 1 radical (unpaired) electrons. The molecule has 0 saturated heterocycles. The highest BCUT2D eigenvalue weighted by molar-refractivity contribution is 6.39. The second kappa shape index (κ2) is 13.6. The van der Waals surface area contributed by atoms with Crippen LogP contribution in [-0.4, -0.2) is 50.6 Å². The van der Waals surface area contributed by atoms with Crippen LogP contribution in [0.1, 0.15) is 18.9 Å². The predicted molar refractivity (Wildman–Crippen MR) is 188 cm³/mol. The average molecular weight is 625 g/mol. The SMILES string of the molecule is CCCNC(=O)/C(N)=C/N(N)[B]CC(=O)Nc1cccc(-c2nc3ccc(-c4ccc5nc(-c6cccc(C)c6)[nH]c5c4)cc3[nH]2)c1. The van der Waals surface area contributed by atoms with E-state index in [9.17, 15) is 9.59 Å². The highest BCUT2D eigenvalue weighted by atomic mass is 16.2. The van der Waals surface area contributed by atoms with Crippen molar-refractivity contribution in [3.8, 4) is 33.9 Å². The standard InChI is InChI=1S/C35H35BN9O2/c1-3-14-39-35(47)27(37)20-45(38)36-19-32(46)40-26-9-5-8-25(16-26)34-42-29-13-11-23(18-31(29)44-34)22-10-12-28-30(17-22)43-33(41-28)24-7-4-6-21(2)15-24/h4-13,15-18,20H,3,14,19,37-38H2,1-2H3,(H,39,47)(H,40,46)(H,41,43)(H,42,44)/b27-20-. The summed E-state index contributed by atoms with van der Waals surface area (Å²) < 4.78 is 0. The van der Waals surface area contributed by atoms with Crippen molar-refractivity contribution in [2.24, 2.45) is 11.6 Å². The van der Waals surface area contributed by atoms with Crippen LogP contribution in [-0.2, 0) is 9.59 Å². The van der Waals surface area contributed by atoms with E-state index in [0.717, 1.165) is 61.5 Å². The summed E-state index contributed by atoms with van der Waals surface area (Å²) in [5.74, 6) is 6.69. The minimum absolute atomic E-state index is 0.0217. The van der Waals surface area contributed by atoms with Gasteiger partial charge in [0.1, 0.15) is 17.3 Å². The number of nitrogens with two attached hydrogens (primary N) is 2. The van der Waals surface area contributed by atoms with Crippen molar-refractivity contribution in [1.82, 2.24) is 30.2 Å². The van der Waals surface area contributed by atoms with E-state index in [4.69, 9.17) is 21.5 Å². The molecule has 0 aliphatic heterocycles. The lowest BCUT2D eigenvalue weighted by Crippen LogP contribution is -2.36. The Hall–Kier alpha value is -5.88. The van der Waals surface area contributed by atoms with Crippen LogP contribution < -0.4 is 22.2 Å². The lowest BCUT2D eigenvalue weighted by atomic mass is 9.87. The van der Waals surface area contributed by atoms with Gasteiger partial charge in [0.2, 0.25) is 5.91 Å². The first-order valence-corrected chi connectivity index (χ1v) is 15.3. The lowest BCUT2D eigenvalue weighted by Gasteiger charge is -2.14. The zero-order chi connectivity index (χ0) is 32.9. The Morgan fingerprint density at radius 3 is 2.09 bits per heavy atom. The number of aromatic amines is 2. The van der Waals surface area contributed by atoms with Gasteiger partial charge in [-0.15, -0.1) is 0 Å². The number of benzene rings is 4. The number of rotatable bonds is 11. The summed E-state index contributed by atoms with van der Waals surface area (Å²) in [7, 11) is 1.43. The number of carbonyl (C=O) groups is 2. The van der Waals surface area contributed by atoms with Gasteiger partial charge in [-0.05, 0) is 66.9 Å². The van der Waals surface area contributed by atoms with E-state index < -0.39 is 5.91 Å². The summed E-state index contributed by atoms with van der Waals surface area (Å²) in [6, 6.07) is 28.1. The largest absolute Gasteiger partial charge is 0.393 e. The summed E-state index contributed by atoms with van der Waals surface area (Å²) in [6.45, 7) is 4.53. The maximum absolute atomic E-state index is 12.6. The normalized spacial score (nSPS) is 11.5. The van der Waals surface area contributed by atoms with Gasteiger partial charge in [-0.1, -0.05) is 55.0 Å². The van der Waals surface area contributed by atoms with E-state index in [0.29, 0.717) is 18.1 Å². The smallest absolute Gasteiger partial charge is 0.278 e. The Morgan fingerprint density at radius 2 is 1.47 bits per heavy atom. The number of aromatic nitrogens is 4. The maximum atomic E-state index is 12.6. The van der Waals surface area contributed by atoms with E-state index in [1.54, 1.807) is 6.07 Å². The van der Waals surface area contributed by atoms with Crippen molar-refractivity contribution in [3.05, 3.63) is 102 Å². The molecule has 0 aliphatic carbocycles. The fourth-order valence-electron chi connectivity index (χ4n) is 5.20. The van der Waals surface area contributed by atoms with Crippen molar-refractivity contribution in [2.45, 2.75) is 26.6 Å². The van der Waals surface area contributed by atoms with Gasteiger partial charge in [-0.25, -0.2) is 9.97 Å². The van der Waals surface area contributed by atoms with Crippen LogP contribution in [0, 0.1) is 6.92 Å². The molecule has 2 amide bonds. The summed E-state index contributed by atoms with van der Waals surface area (Å²) in [6.07, 6.45) is 2.03. The van der Waals surface area contributed by atoms with Gasteiger partial charge in [0.05, 0.1) is 22.1 Å². The van der Waals surface area contributed by atoms with Crippen LogP contribution >= 0.6 is 0 Å². The molecule has 0 spiro atoms. The van der Waals surface area contributed by atoms with Crippen molar-refractivity contribution >= 4 is 47.0 Å². The molecule has 0 aliphatic rings. The number of hydrazine groups is 1. The molecule has 11 nitrogen and oxygen atoms in total. The molecule has 2 aromatic heterocycles. The van der Waals surface area contributed by atoms with Gasteiger partial charge in [-0.3, -0.25) is 15.4 Å². The van der Waals surface area contributed by atoms with Gasteiger partial charge in [0.15, 0.2) is 0 Å². The number of H-pyrrole nitrogens is 2. The molecule has 0 fully saturated rings. The first-order valence-electron chi connectivity index (χ1n) is 15.3. The van der Waals surface area contributed by atoms with Crippen LogP contribution in [0.15, 0.2) is 96.8 Å². The first-order chi connectivity index (χ1) is 22.7. The number of hydrogen-bond acceptors (Lipinski definition) is 7. The zero-order valence-electron chi connectivity index (χ0n) is 26.2. The van der Waals surface area contributed by atoms with Gasteiger partial charge in [0.25, 0.3) is 13.3 Å². The second-order valence-electron chi connectivity index (χ2n) is 11.3. The highest BCUT2D eigenvalue weighted by Crippen LogP contribution is 2.30. The third-order valence-corrected chi connectivity index (χ3v) is 7.58. The van der Waals surface area contributed by atoms with Crippen LogP contribution in [0.5, 0.6) is 0 Å². The van der Waals surface area contributed by atoms with E-state index in [1.165, 1.54) is 19.2 Å². The molecular weight excluding hydrogens is 589 g/mol.